The molecule has 3 rings (SSSR count). The molecule has 33 heavy (non-hydrogen) atoms. The molecular formula is C29H40N2O2. The van der Waals surface area contributed by atoms with Gasteiger partial charge in [0.25, 0.3) is 0 Å². The van der Waals surface area contributed by atoms with Gasteiger partial charge in [0.05, 0.1) is 0 Å². The lowest BCUT2D eigenvalue weighted by atomic mass is 9.96. The van der Waals surface area contributed by atoms with Crippen LogP contribution in [0.3, 0.4) is 0 Å². The molecule has 0 aliphatic carbocycles. The third kappa shape index (κ3) is 11.8. The van der Waals surface area contributed by atoms with Gasteiger partial charge in [-0.3, -0.25) is 9.59 Å². The maximum Gasteiger partial charge on any atom is 0.204 e. The fourth-order valence-corrected chi connectivity index (χ4v) is 3.22. The van der Waals surface area contributed by atoms with Crippen LogP contribution < -0.4 is 11.5 Å². The van der Waals surface area contributed by atoms with Crippen LogP contribution in [-0.4, -0.2) is 12.2 Å². The Morgan fingerprint density at radius 2 is 1.52 bits per heavy atom. The van der Waals surface area contributed by atoms with Crippen molar-refractivity contribution >= 4 is 23.0 Å². The standard InChI is InChI=1S/C13H14.C9H11NO.C6H12.CH3NO/c1-10(2)12-9-5-7-11-6-3-4-8-13(11)12;1-7(11)9-5-3-2-4-8(9)6-10;1-4-5-6(2)3;2-1-3/h3-10H,1-2H3;2-5H,6,10H2,1H3;2,4-5H2,1,3H3;1H,(H2,2,3). The van der Waals surface area contributed by atoms with Crippen LogP contribution in [0.1, 0.15) is 74.9 Å². The third-order valence-electron chi connectivity index (χ3n) is 4.74. The first kappa shape index (κ1) is 29.8. The molecule has 0 aliphatic rings. The zero-order valence-corrected chi connectivity index (χ0v) is 20.8. The molecule has 4 nitrogen and oxygen atoms in total. The average Bonchev–Trinajstić information content (AvgIpc) is 2.79. The summed E-state index contributed by atoms with van der Waals surface area (Å²) < 4.78 is 0. The van der Waals surface area contributed by atoms with Crippen LogP contribution in [0.2, 0.25) is 0 Å². The molecule has 0 radical (unpaired) electrons. The summed E-state index contributed by atoms with van der Waals surface area (Å²) in [5, 5.41) is 2.73. The van der Waals surface area contributed by atoms with Crippen LogP contribution in [0.5, 0.6) is 0 Å². The normalized spacial score (nSPS) is 9.42. The Kier molecular flexibility index (Phi) is 15.6. The van der Waals surface area contributed by atoms with Crippen LogP contribution in [0.15, 0.2) is 78.9 Å². The van der Waals surface area contributed by atoms with Gasteiger partial charge < -0.3 is 11.5 Å². The lowest BCUT2D eigenvalue weighted by Gasteiger charge is -2.08. The fraction of sp³-hybridized carbons (Fsp3) is 0.310. The number of nitrogens with two attached hydrogens (primary N) is 2. The van der Waals surface area contributed by atoms with E-state index in [9.17, 15) is 4.79 Å². The number of amides is 1. The van der Waals surface area contributed by atoms with Crippen LogP contribution >= 0.6 is 0 Å². The summed E-state index contributed by atoms with van der Waals surface area (Å²) >= 11 is 0. The Bertz CT molecular complexity index is 988. The highest BCUT2D eigenvalue weighted by atomic mass is 16.1. The number of hydrogen-bond acceptors (Lipinski definition) is 3. The molecule has 0 unspecified atom stereocenters. The SMILES string of the molecule is C=C(C)CCC.CC(=O)c1ccccc1CN.CC(C)c1cccc2ccccc12.NC=O. The smallest absolute Gasteiger partial charge is 0.204 e. The molecule has 0 fully saturated rings. The number of rotatable bonds is 5. The summed E-state index contributed by atoms with van der Waals surface area (Å²) in [6.07, 6.45) is 2.66. The van der Waals surface area contributed by atoms with Gasteiger partial charge >= 0.3 is 0 Å². The number of carbonyl (C=O) groups excluding carboxylic acids is 2. The van der Waals surface area contributed by atoms with Crippen molar-refractivity contribution < 1.29 is 9.59 Å². The first-order valence-electron chi connectivity index (χ1n) is 11.3. The molecule has 0 saturated heterocycles. The number of ketones is 1. The molecule has 1 amide bonds. The van der Waals surface area contributed by atoms with E-state index in [0.29, 0.717) is 12.5 Å². The summed E-state index contributed by atoms with van der Waals surface area (Å²) in [7, 11) is 0. The molecule has 0 heterocycles. The van der Waals surface area contributed by atoms with E-state index in [1.807, 2.05) is 18.2 Å². The Hall–Kier alpha value is -3.24. The van der Waals surface area contributed by atoms with Crippen LogP contribution in [0.25, 0.3) is 10.8 Å². The van der Waals surface area contributed by atoms with Crippen molar-refractivity contribution in [2.24, 2.45) is 11.5 Å². The molecular weight excluding hydrogens is 408 g/mol. The second-order valence-corrected chi connectivity index (χ2v) is 7.98. The largest absolute Gasteiger partial charge is 0.372 e. The van der Waals surface area contributed by atoms with Crippen molar-refractivity contribution in [3.05, 3.63) is 95.6 Å². The van der Waals surface area contributed by atoms with Gasteiger partial charge in [0, 0.05) is 12.1 Å². The minimum absolute atomic E-state index is 0.0750. The minimum atomic E-state index is 0.0750. The second kappa shape index (κ2) is 17.3. The van der Waals surface area contributed by atoms with Crippen LogP contribution in [-0.2, 0) is 11.3 Å². The molecule has 4 N–H and O–H groups in total. The predicted octanol–water partition coefficient (Wildman–Crippen LogP) is 6.78. The third-order valence-corrected chi connectivity index (χ3v) is 4.74. The number of allylic oxidation sites excluding steroid dienone is 1. The van der Waals surface area contributed by atoms with E-state index in [0.717, 1.165) is 11.1 Å². The molecule has 0 spiro atoms. The molecule has 0 bridgehead atoms. The first-order valence-corrected chi connectivity index (χ1v) is 11.3. The van der Waals surface area contributed by atoms with Crippen molar-refractivity contribution in [2.75, 3.05) is 0 Å². The highest BCUT2D eigenvalue weighted by molar-refractivity contribution is 5.95. The zero-order chi connectivity index (χ0) is 25.2. The van der Waals surface area contributed by atoms with Crippen molar-refractivity contribution in [2.45, 2.75) is 59.9 Å². The van der Waals surface area contributed by atoms with Gasteiger partial charge in [-0.15, -0.1) is 6.58 Å². The Labute approximate surface area is 199 Å². The van der Waals surface area contributed by atoms with Crippen molar-refractivity contribution in [1.82, 2.24) is 0 Å². The highest BCUT2D eigenvalue weighted by Gasteiger charge is 2.03. The molecule has 3 aromatic carbocycles. The number of fused-ring (bicyclic) bond motifs is 1. The van der Waals surface area contributed by atoms with E-state index in [4.69, 9.17) is 10.5 Å². The van der Waals surface area contributed by atoms with Crippen molar-refractivity contribution in [3.63, 3.8) is 0 Å². The van der Waals surface area contributed by atoms with Gasteiger partial charge in [0.2, 0.25) is 6.41 Å². The van der Waals surface area contributed by atoms with Crippen molar-refractivity contribution in [1.29, 1.82) is 0 Å². The van der Waals surface area contributed by atoms with Gasteiger partial charge in [0.15, 0.2) is 5.78 Å². The van der Waals surface area contributed by atoms with E-state index in [2.05, 4.69) is 82.5 Å². The number of carbonyl (C=O) groups is 2. The zero-order valence-electron chi connectivity index (χ0n) is 20.8. The molecule has 0 atom stereocenters. The Morgan fingerprint density at radius 1 is 0.970 bits per heavy atom. The molecule has 178 valence electrons. The maximum atomic E-state index is 11.0. The van der Waals surface area contributed by atoms with E-state index < -0.39 is 0 Å². The topological polar surface area (TPSA) is 86.2 Å². The molecule has 4 heteroatoms. The summed E-state index contributed by atoms with van der Waals surface area (Å²) in [5.74, 6) is 0.678. The van der Waals surface area contributed by atoms with Gasteiger partial charge in [0.1, 0.15) is 0 Å². The van der Waals surface area contributed by atoms with E-state index in [1.54, 1.807) is 13.0 Å². The van der Waals surface area contributed by atoms with E-state index >= 15 is 0 Å². The number of benzene rings is 3. The van der Waals surface area contributed by atoms with Gasteiger partial charge in [-0.1, -0.05) is 99.5 Å². The highest BCUT2D eigenvalue weighted by Crippen LogP contribution is 2.24. The van der Waals surface area contributed by atoms with Crippen LogP contribution in [0, 0.1) is 0 Å². The minimum Gasteiger partial charge on any atom is -0.372 e. The summed E-state index contributed by atoms with van der Waals surface area (Å²) in [6, 6.07) is 22.5. The van der Waals surface area contributed by atoms with E-state index in [1.165, 1.54) is 34.8 Å². The molecule has 3 aromatic rings. The lowest BCUT2D eigenvalue weighted by molar-refractivity contribution is -0.106. The van der Waals surface area contributed by atoms with E-state index in [-0.39, 0.29) is 12.2 Å². The lowest BCUT2D eigenvalue weighted by Crippen LogP contribution is -2.04. The fourth-order valence-electron chi connectivity index (χ4n) is 3.22. The summed E-state index contributed by atoms with van der Waals surface area (Å²) in [5.41, 5.74) is 14.0. The second-order valence-electron chi connectivity index (χ2n) is 7.98. The average molecular weight is 449 g/mol. The summed E-state index contributed by atoms with van der Waals surface area (Å²) in [4.78, 5) is 19.6. The predicted molar refractivity (Wildman–Crippen MR) is 142 cm³/mol. The molecule has 0 aliphatic heterocycles. The Morgan fingerprint density at radius 3 is 1.97 bits per heavy atom. The first-order chi connectivity index (χ1) is 15.7. The molecule has 0 saturated carbocycles. The monoisotopic (exact) mass is 448 g/mol. The number of Topliss-reactive ketones (excluding diaryl/α,β-unsaturated/α-hetero) is 1. The van der Waals surface area contributed by atoms with Crippen LogP contribution in [0.4, 0.5) is 0 Å². The van der Waals surface area contributed by atoms with Gasteiger partial charge in [-0.2, -0.15) is 0 Å². The van der Waals surface area contributed by atoms with Crippen molar-refractivity contribution in [3.8, 4) is 0 Å². The summed E-state index contributed by atoms with van der Waals surface area (Å²) in [6.45, 7) is 14.4. The maximum absolute atomic E-state index is 11.0. The van der Waals surface area contributed by atoms with Gasteiger partial charge in [-0.05, 0) is 48.1 Å². The molecule has 0 aromatic heterocycles. The number of hydrogen-bond donors (Lipinski definition) is 2. The quantitative estimate of drug-likeness (QED) is 0.256. The Balaban J connectivity index is 0.000000465. The van der Waals surface area contributed by atoms with Gasteiger partial charge in [-0.25, -0.2) is 0 Å². The number of primary amides is 1.